The van der Waals surface area contributed by atoms with Crippen LogP contribution in [0.5, 0.6) is 0 Å². The van der Waals surface area contributed by atoms with E-state index in [1.807, 2.05) is 11.6 Å². The summed E-state index contributed by atoms with van der Waals surface area (Å²) in [4.78, 5) is 4.21. The van der Waals surface area contributed by atoms with Crippen LogP contribution >= 0.6 is 11.3 Å². The molecule has 0 radical (unpaired) electrons. The molecule has 1 rings (SSSR count). The van der Waals surface area contributed by atoms with Gasteiger partial charge in [0.05, 0.1) is 5.01 Å². The summed E-state index contributed by atoms with van der Waals surface area (Å²) in [6.45, 7) is 4.41. The fourth-order valence-electron chi connectivity index (χ4n) is 0.999. The van der Waals surface area contributed by atoms with E-state index in [4.69, 9.17) is 0 Å². The van der Waals surface area contributed by atoms with E-state index in [0.717, 1.165) is 19.5 Å². The minimum absolute atomic E-state index is 1.06. The van der Waals surface area contributed by atoms with E-state index in [1.54, 1.807) is 11.3 Å². The Hall–Kier alpha value is -0.410. The molecule has 0 amide bonds. The number of rotatable bonds is 6. The normalized spacial score (nSPS) is 10.4. The predicted molar refractivity (Wildman–Crippen MR) is 53.6 cm³/mol. The van der Waals surface area contributed by atoms with Gasteiger partial charge in [-0.15, -0.1) is 11.3 Å². The Kier molecular flexibility index (Phi) is 4.95. The van der Waals surface area contributed by atoms with Crippen LogP contribution < -0.4 is 5.32 Å². The first-order valence-corrected chi connectivity index (χ1v) is 5.40. The van der Waals surface area contributed by atoms with Gasteiger partial charge < -0.3 is 5.32 Å². The summed E-state index contributed by atoms with van der Waals surface area (Å²) in [5.74, 6) is 0. The molecule has 0 spiro atoms. The number of nitrogens with one attached hydrogen (secondary N) is 1. The van der Waals surface area contributed by atoms with Gasteiger partial charge in [-0.25, -0.2) is 4.98 Å². The molecular weight excluding hydrogens is 168 g/mol. The van der Waals surface area contributed by atoms with Crippen molar-refractivity contribution in [2.24, 2.45) is 0 Å². The Bertz CT molecular complexity index is 184. The summed E-state index contributed by atoms with van der Waals surface area (Å²) in [6.07, 6.45) is 5.48. The number of nitrogens with zero attached hydrogens (tertiary/aromatic N) is 1. The molecule has 1 aromatic heterocycles. The first-order valence-electron chi connectivity index (χ1n) is 4.52. The van der Waals surface area contributed by atoms with Gasteiger partial charge in [0.15, 0.2) is 0 Å². The van der Waals surface area contributed by atoms with Crippen LogP contribution in [-0.2, 0) is 6.42 Å². The van der Waals surface area contributed by atoms with E-state index < -0.39 is 0 Å². The second-order valence-corrected chi connectivity index (χ2v) is 3.76. The maximum absolute atomic E-state index is 4.21. The van der Waals surface area contributed by atoms with Crippen LogP contribution in [0, 0.1) is 0 Å². The summed E-state index contributed by atoms with van der Waals surface area (Å²) in [7, 11) is 0. The average Bonchev–Trinajstić information content (AvgIpc) is 2.57. The third kappa shape index (κ3) is 3.83. The molecule has 0 saturated carbocycles. The molecule has 0 saturated heterocycles. The summed E-state index contributed by atoms with van der Waals surface area (Å²) in [5.41, 5.74) is 0. The SMILES string of the molecule is CCCCNCCc1nccs1. The molecule has 0 atom stereocenters. The standard InChI is InChI=1S/C9H16N2S/c1-2-3-5-10-6-4-9-11-7-8-12-9/h7-8,10H,2-6H2,1H3. The molecule has 0 aliphatic rings. The van der Waals surface area contributed by atoms with Crippen LogP contribution in [0.25, 0.3) is 0 Å². The predicted octanol–water partition coefficient (Wildman–Crippen LogP) is 2.08. The molecule has 2 nitrogen and oxygen atoms in total. The largest absolute Gasteiger partial charge is 0.316 e. The van der Waals surface area contributed by atoms with Crippen molar-refractivity contribution in [3.05, 3.63) is 16.6 Å². The molecule has 0 unspecified atom stereocenters. The molecular formula is C9H16N2S. The first kappa shape index (κ1) is 9.68. The van der Waals surface area contributed by atoms with Crippen molar-refractivity contribution in [3.63, 3.8) is 0 Å². The lowest BCUT2D eigenvalue weighted by Gasteiger charge is -2.00. The number of hydrogen-bond acceptors (Lipinski definition) is 3. The minimum atomic E-state index is 1.06. The fraction of sp³-hybridized carbons (Fsp3) is 0.667. The Morgan fingerprint density at radius 2 is 2.42 bits per heavy atom. The van der Waals surface area contributed by atoms with Gasteiger partial charge in [0.1, 0.15) is 0 Å². The van der Waals surface area contributed by atoms with Gasteiger partial charge in [-0.05, 0) is 13.0 Å². The zero-order valence-corrected chi connectivity index (χ0v) is 8.36. The second-order valence-electron chi connectivity index (χ2n) is 2.78. The van der Waals surface area contributed by atoms with E-state index >= 15 is 0 Å². The van der Waals surface area contributed by atoms with Crippen LogP contribution in [0.3, 0.4) is 0 Å². The maximum Gasteiger partial charge on any atom is 0.0937 e. The number of hydrogen-bond donors (Lipinski definition) is 1. The Morgan fingerprint density at radius 1 is 1.50 bits per heavy atom. The highest BCUT2D eigenvalue weighted by molar-refractivity contribution is 7.09. The van der Waals surface area contributed by atoms with Crippen molar-refractivity contribution in [2.45, 2.75) is 26.2 Å². The zero-order chi connectivity index (χ0) is 8.65. The lowest BCUT2D eigenvalue weighted by Crippen LogP contribution is -2.18. The van der Waals surface area contributed by atoms with E-state index in [0.29, 0.717) is 0 Å². The monoisotopic (exact) mass is 184 g/mol. The summed E-state index contributed by atoms with van der Waals surface area (Å²) in [6, 6.07) is 0. The molecule has 0 aromatic carbocycles. The fourth-order valence-corrected chi connectivity index (χ4v) is 1.62. The van der Waals surface area contributed by atoms with Gasteiger partial charge in [0.2, 0.25) is 0 Å². The second kappa shape index (κ2) is 6.14. The third-order valence-electron chi connectivity index (χ3n) is 1.71. The quantitative estimate of drug-likeness (QED) is 0.685. The summed E-state index contributed by atoms with van der Waals surface area (Å²) < 4.78 is 0. The smallest absolute Gasteiger partial charge is 0.0937 e. The molecule has 1 aromatic rings. The van der Waals surface area contributed by atoms with Crippen LogP contribution in [-0.4, -0.2) is 18.1 Å². The van der Waals surface area contributed by atoms with E-state index in [9.17, 15) is 0 Å². The topological polar surface area (TPSA) is 24.9 Å². The van der Waals surface area contributed by atoms with E-state index in [2.05, 4.69) is 17.2 Å². The highest BCUT2D eigenvalue weighted by Crippen LogP contribution is 2.03. The van der Waals surface area contributed by atoms with Crippen molar-refractivity contribution in [3.8, 4) is 0 Å². The molecule has 0 aliphatic heterocycles. The molecule has 12 heavy (non-hydrogen) atoms. The first-order chi connectivity index (χ1) is 5.93. The third-order valence-corrected chi connectivity index (χ3v) is 2.55. The van der Waals surface area contributed by atoms with Crippen molar-refractivity contribution < 1.29 is 0 Å². The Balaban J connectivity index is 1.96. The number of thiazole rings is 1. The molecule has 1 heterocycles. The highest BCUT2D eigenvalue weighted by atomic mass is 32.1. The van der Waals surface area contributed by atoms with Crippen molar-refractivity contribution >= 4 is 11.3 Å². The summed E-state index contributed by atoms with van der Waals surface area (Å²) in [5, 5.41) is 6.66. The zero-order valence-electron chi connectivity index (χ0n) is 7.55. The van der Waals surface area contributed by atoms with Gasteiger partial charge in [0, 0.05) is 24.5 Å². The maximum atomic E-state index is 4.21. The molecule has 3 heteroatoms. The van der Waals surface area contributed by atoms with Gasteiger partial charge in [-0.2, -0.15) is 0 Å². The number of aromatic nitrogens is 1. The van der Waals surface area contributed by atoms with Crippen molar-refractivity contribution in [2.75, 3.05) is 13.1 Å². The van der Waals surface area contributed by atoms with Crippen LogP contribution in [0.1, 0.15) is 24.8 Å². The molecule has 0 fully saturated rings. The van der Waals surface area contributed by atoms with Crippen LogP contribution in [0.15, 0.2) is 11.6 Å². The lowest BCUT2D eigenvalue weighted by atomic mass is 10.3. The molecule has 0 bridgehead atoms. The van der Waals surface area contributed by atoms with Gasteiger partial charge in [-0.3, -0.25) is 0 Å². The van der Waals surface area contributed by atoms with Gasteiger partial charge in [-0.1, -0.05) is 13.3 Å². The molecule has 0 aliphatic carbocycles. The van der Waals surface area contributed by atoms with Crippen LogP contribution in [0.2, 0.25) is 0 Å². The molecule has 68 valence electrons. The number of unbranched alkanes of at least 4 members (excludes halogenated alkanes) is 1. The van der Waals surface area contributed by atoms with Crippen LogP contribution in [0.4, 0.5) is 0 Å². The van der Waals surface area contributed by atoms with Gasteiger partial charge in [0.25, 0.3) is 0 Å². The Morgan fingerprint density at radius 3 is 3.08 bits per heavy atom. The van der Waals surface area contributed by atoms with Crippen molar-refractivity contribution in [1.29, 1.82) is 0 Å². The van der Waals surface area contributed by atoms with E-state index in [-0.39, 0.29) is 0 Å². The van der Waals surface area contributed by atoms with E-state index in [1.165, 1.54) is 17.8 Å². The van der Waals surface area contributed by atoms with Gasteiger partial charge >= 0.3 is 0 Å². The minimum Gasteiger partial charge on any atom is -0.316 e. The summed E-state index contributed by atoms with van der Waals surface area (Å²) >= 11 is 1.74. The molecule has 1 N–H and O–H groups in total. The lowest BCUT2D eigenvalue weighted by molar-refractivity contribution is 0.639. The average molecular weight is 184 g/mol. The highest BCUT2D eigenvalue weighted by Gasteiger charge is 1.93. The van der Waals surface area contributed by atoms with Crippen molar-refractivity contribution in [1.82, 2.24) is 10.3 Å². The Labute approximate surface area is 78.0 Å².